The molecular formula is C27H31F3N6O5S. The van der Waals surface area contributed by atoms with Gasteiger partial charge in [-0.15, -0.1) is 13.2 Å². The normalized spacial score (nSPS) is 21.1. The Bertz CT molecular complexity index is 1410. The van der Waals surface area contributed by atoms with Gasteiger partial charge in [0.05, 0.1) is 0 Å². The van der Waals surface area contributed by atoms with Crippen LogP contribution in [0.2, 0.25) is 0 Å². The fraction of sp³-hybridized carbons (Fsp3) is 0.407. The summed E-state index contributed by atoms with van der Waals surface area (Å²) in [5.41, 5.74) is 0.836. The molecule has 2 aromatic heterocycles. The Morgan fingerprint density at radius 1 is 1.05 bits per heavy atom. The number of aromatic nitrogens is 3. The lowest BCUT2D eigenvalue weighted by Crippen LogP contribution is -2.49. The maximum atomic E-state index is 12.7. The van der Waals surface area contributed by atoms with Crippen LogP contribution < -0.4 is 14.8 Å². The Labute approximate surface area is 241 Å². The minimum absolute atomic E-state index is 0.00687. The highest BCUT2D eigenvalue weighted by Gasteiger charge is 2.37. The molecule has 3 aromatic rings. The minimum Gasteiger partial charge on any atom is -0.483 e. The molecule has 11 nitrogen and oxygen atoms in total. The molecule has 2 aliphatic rings. The molecule has 1 saturated heterocycles. The second kappa shape index (κ2) is 13.8. The molecule has 3 atom stereocenters. The second-order valence-corrected chi connectivity index (χ2v) is 11.6. The molecule has 15 heteroatoms. The lowest BCUT2D eigenvalue weighted by Gasteiger charge is -2.42. The lowest BCUT2D eigenvalue weighted by molar-refractivity contribution is -0.274. The summed E-state index contributed by atoms with van der Waals surface area (Å²) in [6.45, 7) is 1.68. The maximum Gasteiger partial charge on any atom is 0.573 e. The van der Waals surface area contributed by atoms with Crippen molar-refractivity contribution in [1.82, 2.24) is 19.9 Å². The average molecular weight is 609 g/mol. The monoisotopic (exact) mass is 608 g/mol. The summed E-state index contributed by atoms with van der Waals surface area (Å²) in [4.78, 5) is 22.8. The Hall–Kier alpha value is -3.98. The molecule has 1 aromatic carbocycles. The van der Waals surface area contributed by atoms with Gasteiger partial charge in [0.25, 0.3) is 16.5 Å². The Balaban J connectivity index is 0.00000129. The standard InChI is InChI=1S/C26H29F3N6O3S.CH2O2/c27-26(28,29)38-20-5-3-4-18(14-20)19-6-8-22(23(15-19)35-12-1-2-13-35)33-24-9-7-21(16-31-24)39(36,37)34-25-10-11-30-17-32-25;2-1-3/h3-5,7,9-11,14,16-17,19,22-23H,1-2,6,8,12-13,15H2,(H,31,33)(H,30,32,34);1H,(H,2,3). The van der Waals surface area contributed by atoms with Gasteiger partial charge in [0, 0.05) is 24.5 Å². The van der Waals surface area contributed by atoms with Gasteiger partial charge in [0.15, 0.2) is 0 Å². The van der Waals surface area contributed by atoms with Crippen molar-refractivity contribution in [3.63, 3.8) is 0 Å². The molecule has 0 amide bonds. The fourth-order valence-electron chi connectivity index (χ4n) is 5.42. The first kappa shape index (κ1) is 31.0. The van der Waals surface area contributed by atoms with Crippen molar-refractivity contribution in [3.8, 4) is 5.75 Å². The van der Waals surface area contributed by atoms with Gasteiger partial charge < -0.3 is 15.2 Å². The van der Waals surface area contributed by atoms with Crippen LogP contribution in [0.4, 0.5) is 24.8 Å². The van der Waals surface area contributed by atoms with Crippen LogP contribution in [0, 0.1) is 0 Å². The topological polar surface area (TPSA) is 147 Å². The van der Waals surface area contributed by atoms with Gasteiger partial charge in [-0.3, -0.25) is 14.4 Å². The van der Waals surface area contributed by atoms with E-state index in [9.17, 15) is 21.6 Å². The summed E-state index contributed by atoms with van der Waals surface area (Å²) in [7, 11) is -3.86. The quantitative estimate of drug-likeness (QED) is 0.313. The van der Waals surface area contributed by atoms with Gasteiger partial charge in [-0.2, -0.15) is 0 Å². The van der Waals surface area contributed by atoms with Crippen LogP contribution in [0.1, 0.15) is 43.6 Å². The van der Waals surface area contributed by atoms with Gasteiger partial charge in [0.2, 0.25) is 0 Å². The molecule has 42 heavy (non-hydrogen) atoms. The number of anilines is 2. The van der Waals surface area contributed by atoms with Crippen LogP contribution in [0.5, 0.6) is 5.75 Å². The number of rotatable bonds is 8. The van der Waals surface area contributed by atoms with Crippen LogP contribution in [0.25, 0.3) is 0 Å². The number of carboxylic acid groups (broad SMARTS) is 1. The van der Waals surface area contributed by atoms with Crippen LogP contribution in [0.3, 0.4) is 0 Å². The largest absolute Gasteiger partial charge is 0.573 e. The van der Waals surface area contributed by atoms with E-state index < -0.39 is 16.4 Å². The van der Waals surface area contributed by atoms with E-state index >= 15 is 0 Å². The first-order valence-electron chi connectivity index (χ1n) is 13.3. The van der Waals surface area contributed by atoms with Gasteiger partial charge in [0.1, 0.15) is 28.6 Å². The minimum atomic E-state index is -4.73. The smallest absolute Gasteiger partial charge is 0.483 e. The fourth-order valence-corrected chi connectivity index (χ4v) is 6.38. The van der Waals surface area contributed by atoms with Gasteiger partial charge in [-0.05, 0) is 87.0 Å². The summed E-state index contributed by atoms with van der Waals surface area (Å²) in [6.07, 6.45) is 3.82. The molecular weight excluding hydrogens is 577 g/mol. The molecule has 0 spiro atoms. The highest BCUT2D eigenvalue weighted by atomic mass is 32.2. The number of hydrogen-bond acceptors (Lipinski definition) is 9. The molecule has 0 bridgehead atoms. The van der Waals surface area contributed by atoms with E-state index in [-0.39, 0.29) is 40.9 Å². The van der Waals surface area contributed by atoms with Crippen molar-refractivity contribution < 1.29 is 36.2 Å². The van der Waals surface area contributed by atoms with Gasteiger partial charge in [-0.25, -0.2) is 23.4 Å². The van der Waals surface area contributed by atoms with E-state index in [0.29, 0.717) is 5.82 Å². The molecule has 1 saturated carbocycles. The molecule has 2 fully saturated rings. The molecule has 0 radical (unpaired) electrons. The average Bonchev–Trinajstić information content (AvgIpc) is 3.49. The third-order valence-electron chi connectivity index (χ3n) is 7.19. The molecule has 3 heterocycles. The molecule has 3 N–H and O–H groups in total. The van der Waals surface area contributed by atoms with Crippen molar-refractivity contribution in [2.45, 2.75) is 61.4 Å². The number of alkyl halides is 3. The third kappa shape index (κ3) is 8.52. The number of halogens is 3. The predicted molar refractivity (Wildman–Crippen MR) is 147 cm³/mol. The number of carbonyl (C=O) groups is 1. The lowest BCUT2D eigenvalue weighted by atomic mass is 9.78. The Morgan fingerprint density at radius 2 is 1.81 bits per heavy atom. The van der Waals surface area contributed by atoms with Crippen molar-refractivity contribution >= 4 is 28.1 Å². The summed E-state index contributed by atoms with van der Waals surface area (Å²) >= 11 is 0. The number of ether oxygens (including phenoxy) is 1. The highest BCUT2D eigenvalue weighted by molar-refractivity contribution is 7.92. The number of hydrogen-bond donors (Lipinski definition) is 3. The Kier molecular flexibility index (Phi) is 10.2. The number of pyridine rings is 1. The number of nitrogens with one attached hydrogen (secondary N) is 2. The zero-order valence-electron chi connectivity index (χ0n) is 22.4. The van der Waals surface area contributed by atoms with Crippen molar-refractivity contribution in [2.24, 2.45) is 0 Å². The third-order valence-corrected chi connectivity index (χ3v) is 8.53. The van der Waals surface area contributed by atoms with E-state index in [1.54, 1.807) is 12.1 Å². The second-order valence-electron chi connectivity index (χ2n) is 9.88. The van der Waals surface area contributed by atoms with Gasteiger partial charge in [-0.1, -0.05) is 12.1 Å². The van der Waals surface area contributed by atoms with Crippen LogP contribution in [0.15, 0.2) is 66.1 Å². The van der Waals surface area contributed by atoms with Crippen LogP contribution >= 0.6 is 0 Å². The van der Waals surface area contributed by atoms with E-state index in [1.807, 2.05) is 6.07 Å². The van der Waals surface area contributed by atoms with Gasteiger partial charge >= 0.3 is 6.36 Å². The zero-order valence-corrected chi connectivity index (χ0v) is 23.3. The van der Waals surface area contributed by atoms with Crippen LogP contribution in [-0.4, -0.2) is 71.4 Å². The summed E-state index contributed by atoms with van der Waals surface area (Å²) in [5.74, 6) is 0.613. The van der Waals surface area contributed by atoms with E-state index in [1.165, 1.54) is 43.0 Å². The number of likely N-dealkylation sites (tertiary alicyclic amines) is 1. The zero-order chi connectivity index (χ0) is 30.2. The summed E-state index contributed by atoms with van der Waals surface area (Å²) in [6, 6.07) is 11.1. The summed E-state index contributed by atoms with van der Waals surface area (Å²) < 4.78 is 70.2. The molecule has 1 aliphatic heterocycles. The SMILES string of the molecule is O=CO.O=S(=O)(Nc1ccncn1)c1ccc(NC2CCC(c3cccc(OC(F)(F)F)c3)CC2N2CCCC2)nc1. The summed E-state index contributed by atoms with van der Waals surface area (Å²) in [5, 5.41) is 10.4. The predicted octanol–water partition coefficient (Wildman–Crippen LogP) is 4.48. The first-order chi connectivity index (χ1) is 20.1. The molecule has 1 aliphatic carbocycles. The van der Waals surface area contributed by atoms with Crippen molar-refractivity contribution in [1.29, 1.82) is 0 Å². The Morgan fingerprint density at radius 3 is 2.45 bits per heavy atom. The van der Waals surface area contributed by atoms with E-state index in [0.717, 1.165) is 50.8 Å². The maximum absolute atomic E-state index is 12.7. The van der Waals surface area contributed by atoms with Crippen molar-refractivity contribution in [2.75, 3.05) is 23.1 Å². The first-order valence-corrected chi connectivity index (χ1v) is 14.8. The molecule has 3 unspecified atom stereocenters. The van der Waals surface area contributed by atoms with E-state index in [2.05, 4.69) is 34.6 Å². The van der Waals surface area contributed by atoms with Crippen LogP contribution in [-0.2, 0) is 14.8 Å². The highest BCUT2D eigenvalue weighted by Crippen LogP contribution is 2.39. The number of nitrogens with zero attached hydrogens (tertiary/aromatic N) is 4. The number of benzene rings is 1. The molecule has 5 rings (SSSR count). The number of sulfonamides is 1. The van der Waals surface area contributed by atoms with Crippen molar-refractivity contribution in [3.05, 3.63) is 66.7 Å². The van der Waals surface area contributed by atoms with E-state index in [4.69, 9.17) is 9.90 Å². The molecule has 226 valence electrons.